The van der Waals surface area contributed by atoms with Gasteiger partial charge in [-0.25, -0.2) is 4.79 Å². The van der Waals surface area contributed by atoms with Gasteiger partial charge in [0.15, 0.2) is 0 Å². The zero-order valence-electron chi connectivity index (χ0n) is 17.9. The Hall–Kier alpha value is -2.73. The zero-order valence-corrected chi connectivity index (χ0v) is 17.9. The number of aliphatic carboxylic acids is 2. The van der Waals surface area contributed by atoms with Crippen LogP contribution in [-0.2, 0) is 24.0 Å². The van der Waals surface area contributed by atoms with Crippen molar-refractivity contribution in [1.29, 1.82) is 0 Å². The van der Waals surface area contributed by atoms with Gasteiger partial charge in [-0.2, -0.15) is 0 Å². The van der Waals surface area contributed by atoms with Gasteiger partial charge < -0.3 is 36.6 Å². The van der Waals surface area contributed by atoms with Crippen LogP contribution in [0.5, 0.6) is 0 Å². The Bertz CT molecular complexity index is 696. The summed E-state index contributed by atoms with van der Waals surface area (Å²) in [5, 5.41) is 32.5. The maximum absolute atomic E-state index is 13.0. The van der Waals surface area contributed by atoms with Crippen molar-refractivity contribution in [2.75, 3.05) is 6.54 Å². The van der Waals surface area contributed by atoms with Crippen LogP contribution in [0.1, 0.15) is 46.5 Å². The molecule has 1 rings (SSSR count). The van der Waals surface area contributed by atoms with Crippen LogP contribution in [0.3, 0.4) is 0 Å². The second-order valence-electron chi connectivity index (χ2n) is 8.14. The van der Waals surface area contributed by atoms with Gasteiger partial charge in [-0.3, -0.25) is 19.2 Å². The lowest BCUT2D eigenvalue weighted by Gasteiger charge is -2.29. The van der Waals surface area contributed by atoms with E-state index in [-0.39, 0.29) is 18.9 Å². The van der Waals surface area contributed by atoms with Crippen LogP contribution in [0, 0.1) is 5.92 Å². The topological polar surface area (TPSA) is 199 Å². The molecule has 3 amide bonds. The third-order valence-corrected chi connectivity index (χ3v) is 4.98. The van der Waals surface area contributed by atoms with Gasteiger partial charge in [0.25, 0.3) is 0 Å². The van der Waals surface area contributed by atoms with Gasteiger partial charge in [0.2, 0.25) is 17.7 Å². The summed E-state index contributed by atoms with van der Waals surface area (Å²) in [7, 11) is 0. The molecule has 0 aromatic rings. The summed E-state index contributed by atoms with van der Waals surface area (Å²) in [6, 6.07) is -4.99. The number of aliphatic hydroxyl groups is 1. The lowest BCUT2D eigenvalue weighted by atomic mass is 10.0. The van der Waals surface area contributed by atoms with Crippen molar-refractivity contribution in [1.82, 2.24) is 15.5 Å². The number of nitrogens with zero attached hydrogens (tertiary/aromatic N) is 1. The molecule has 176 valence electrons. The molecule has 0 aromatic heterocycles. The van der Waals surface area contributed by atoms with Crippen molar-refractivity contribution >= 4 is 29.7 Å². The predicted octanol–water partition coefficient (Wildman–Crippen LogP) is -1.74. The van der Waals surface area contributed by atoms with Crippen LogP contribution < -0.4 is 16.4 Å². The second kappa shape index (κ2) is 11.6. The van der Waals surface area contributed by atoms with Gasteiger partial charge >= 0.3 is 11.9 Å². The first-order valence-electron chi connectivity index (χ1n) is 10.1. The molecule has 1 aliphatic rings. The normalized spacial score (nSPS) is 19.9. The first kappa shape index (κ1) is 26.3. The molecule has 31 heavy (non-hydrogen) atoms. The Morgan fingerprint density at radius 2 is 1.61 bits per heavy atom. The van der Waals surface area contributed by atoms with E-state index >= 15 is 0 Å². The number of carbonyl (C=O) groups is 5. The summed E-state index contributed by atoms with van der Waals surface area (Å²) in [4.78, 5) is 61.6. The molecule has 0 bridgehead atoms. The minimum atomic E-state index is -1.54. The number of nitrogens with one attached hydrogen (secondary N) is 2. The van der Waals surface area contributed by atoms with Crippen LogP contribution >= 0.6 is 0 Å². The molecule has 0 spiro atoms. The van der Waals surface area contributed by atoms with E-state index in [4.69, 9.17) is 10.8 Å². The number of carboxylic acid groups (broad SMARTS) is 2. The van der Waals surface area contributed by atoms with Gasteiger partial charge in [0.1, 0.15) is 24.2 Å². The molecule has 1 heterocycles. The lowest BCUT2D eigenvalue weighted by molar-refractivity contribution is -0.150. The largest absolute Gasteiger partial charge is 0.481 e. The number of amides is 3. The van der Waals surface area contributed by atoms with Crippen LogP contribution in [0.15, 0.2) is 0 Å². The summed E-state index contributed by atoms with van der Waals surface area (Å²) < 4.78 is 0. The lowest BCUT2D eigenvalue weighted by Crippen LogP contribution is -2.58. The first-order valence-corrected chi connectivity index (χ1v) is 10.1. The quantitative estimate of drug-likeness (QED) is 0.214. The Morgan fingerprint density at radius 3 is 2.10 bits per heavy atom. The zero-order chi connectivity index (χ0) is 23.9. The first-order chi connectivity index (χ1) is 14.3. The fraction of sp³-hybridized carbons (Fsp3) is 0.737. The molecular formula is C19H32N4O8. The average Bonchev–Trinajstić information content (AvgIpc) is 3.14. The van der Waals surface area contributed by atoms with E-state index in [1.807, 2.05) is 13.8 Å². The number of likely N-dealkylation sites (tertiary alicyclic amines) is 1. The highest BCUT2D eigenvalue weighted by atomic mass is 16.4. The van der Waals surface area contributed by atoms with Crippen molar-refractivity contribution in [2.24, 2.45) is 11.7 Å². The highest BCUT2D eigenvalue weighted by Crippen LogP contribution is 2.20. The molecule has 1 aliphatic heterocycles. The third kappa shape index (κ3) is 7.79. The summed E-state index contributed by atoms with van der Waals surface area (Å²) in [5.74, 6) is -4.97. The van der Waals surface area contributed by atoms with Gasteiger partial charge in [-0.05, 0) is 32.1 Å². The molecule has 12 nitrogen and oxygen atoms in total. The van der Waals surface area contributed by atoms with Gasteiger partial charge in [0.05, 0.1) is 12.5 Å². The SMILES string of the molecule is CC(C)CC(NC(=O)C(CC(=O)O)NC(=O)C(N)C(C)O)C(=O)N1CCCC1C(=O)O. The summed E-state index contributed by atoms with van der Waals surface area (Å²) in [5.41, 5.74) is 5.52. The molecule has 12 heteroatoms. The number of carboxylic acids is 2. The van der Waals surface area contributed by atoms with Crippen molar-refractivity contribution < 1.29 is 39.3 Å². The van der Waals surface area contributed by atoms with E-state index in [1.54, 1.807) is 0 Å². The number of nitrogens with two attached hydrogens (primary N) is 1. The van der Waals surface area contributed by atoms with Gasteiger partial charge in [0, 0.05) is 6.54 Å². The molecule has 0 saturated carbocycles. The fourth-order valence-corrected chi connectivity index (χ4v) is 3.32. The van der Waals surface area contributed by atoms with Crippen molar-refractivity contribution in [3.8, 4) is 0 Å². The maximum Gasteiger partial charge on any atom is 0.326 e. The van der Waals surface area contributed by atoms with Crippen LogP contribution in [0.25, 0.3) is 0 Å². The Kier molecular flexibility index (Phi) is 9.85. The monoisotopic (exact) mass is 444 g/mol. The number of hydrogen-bond acceptors (Lipinski definition) is 7. The van der Waals surface area contributed by atoms with Crippen molar-refractivity contribution in [3.63, 3.8) is 0 Å². The minimum Gasteiger partial charge on any atom is -0.481 e. The van der Waals surface area contributed by atoms with Crippen LogP contribution in [0.2, 0.25) is 0 Å². The molecule has 0 radical (unpaired) electrons. The smallest absolute Gasteiger partial charge is 0.326 e. The third-order valence-electron chi connectivity index (χ3n) is 4.98. The standard InChI is InChI=1S/C19H32N4O8/c1-9(2)7-12(18(29)23-6-4-5-13(23)19(30)31)22-16(27)11(8-14(25)26)21-17(28)15(20)10(3)24/h9-13,15,24H,4-8,20H2,1-3H3,(H,21,28)(H,22,27)(H,25,26)(H,30,31). The Morgan fingerprint density at radius 1 is 1.03 bits per heavy atom. The number of carbonyl (C=O) groups excluding carboxylic acids is 3. The molecule has 5 unspecified atom stereocenters. The van der Waals surface area contributed by atoms with E-state index < -0.39 is 66.4 Å². The number of aliphatic hydroxyl groups excluding tert-OH is 1. The van der Waals surface area contributed by atoms with E-state index in [0.29, 0.717) is 12.8 Å². The molecule has 1 saturated heterocycles. The summed E-state index contributed by atoms with van der Waals surface area (Å²) >= 11 is 0. The highest BCUT2D eigenvalue weighted by molar-refractivity contribution is 5.95. The molecular weight excluding hydrogens is 412 g/mol. The maximum atomic E-state index is 13.0. The van der Waals surface area contributed by atoms with Gasteiger partial charge in [-0.15, -0.1) is 0 Å². The minimum absolute atomic E-state index is 0.0451. The summed E-state index contributed by atoms with van der Waals surface area (Å²) in [6.07, 6.45) is -0.993. The van der Waals surface area contributed by atoms with E-state index in [9.17, 15) is 34.2 Å². The number of hydrogen-bond donors (Lipinski definition) is 6. The van der Waals surface area contributed by atoms with E-state index in [2.05, 4.69) is 10.6 Å². The van der Waals surface area contributed by atoms with Crippen molar-refractivity contribution in [2.45, 2.75) is 76.7 Å². The Labute approximate surface area is 180 Å². The summed E-state index contributed by atoms with van der Waals surface area (Å²) in [6.45, 7) is 5.12. The second-order valence-corrected chi connectivity index (χ2v) is 8.14. The molecule has 1 fully saturated rings. The molecule has 0 aliphatic carbocycles. The number of rotatable bonds is 11. The fourth-order valence-electron chi connectivity index (χ4n) is 3.32. The highest BCUT2D eigenvalue weighted by Gasteiger charge is 2.38. The van der Waals surface area contributed by atoms with E-state index in [1.165, 1.54) is 11.8 Å². The predicted molar refractivity (Wildman–Crippen MR) is 108 cm³/mol. The van der Waals surface area contributed by atoms with Crippen LogP contribution in [-0.4, -0.2) is 86.7 Å². The van der Waals surface area contributed by atoms with E-state index in [0.717, 1.165) is 0 Å². The molecule has 5 atom stereocenters. The van der Waals surface area contributed by atoms with Crippen LogP contribution in [0.4, 0.5) is 0 Å². The molecule has 0 aromatic carbocycles. The average molecular weight is 444 g/mol. The Balaban J connectivity index is 3.02. The van der Waals surface area contributed by atoms with Crippen molar-refractivity contribution in [3.05, 3.63) is 0 Å². The van der Waals surface area contributed by atoms with Gasteiger partial charge in [-0.1, -0.05) is 13.8 Å². The molecule has 7 N–H and O–H groups in total.